The lowest BCUT2D eigenvalue weighted by molar-refractivity contribution is 0.0973. The fraction of sp³-hybridized carbons (Fsp3) is 0.167. The van der Waals surface area contributed by atoms with E-state index >= 15 is 0 Å². The Kier molecular flexibility index (Phi) is 5.79. The van der Waals surface area contributed by atoms with E-state index in [0.29, 0.717) is 11.6 Å². The molecule has 4 rings (SSSR count). The Morgan fingerprint density at radius 2 is 1.66 bits per heavy atom. The zero-order valence-corrected chi connectivity index (χ0v) is 19.5. The molecule has 6 nitrogen and oxygen atoms in total. The first kappa shape index (κ1) is 22.0. The van der Waals surface area contributed by atoms with E-state index in [9.17, 15) is 13.2 Å². The van der Waals surface area contributed by atoms with Crippen LogP contribution in [0.1, 0.15) is 32.7 Å². The molecule has 0 atom stereocenters. The van der Waals surface area contributed by atoms with Gasteiger partial charge in [0.15, 0.2) is 0 Å². The Morgan fingerprint density at radius 3 is 2.31 bits per heavy atom. The molecule has 0 bridgehead atoms. The second-order valence-electron chi connectivity index (χ2n) is 7.81. The number of hydrogen-bond acceptors (Lipinski definition) is 4. The van der Waals surface area contributed by atoms with Crippen molar-refractivity contribution in [2.45, 2.75) is 32.2 Å². The van der Waals surface area contributed by atoms with Crippen molar-refractivity contribution in [1.82, 2.24) is 14.3 Å². The largest absolute Gasteiger partial charge is 0.332 e. The minimum atomic E-state index is -4.04. The first-order valence-corrected chi connectivity index (χ1v) is 11.8. The maximum atomic E-state index is 13.2. The number of hydrogen-bond donors (Lipinski definition) is 1. The Hall–Kier alpha value is -3.16. The van der Waals surface area contributed by atoms with Crippen molar-refractivity contribution in [2.24, 2.45) is 0 Å². The minimum absolute atomic E-state index is 0.0308. The highest BCUT2D eigenvalue weighted by atomic mass is 35.5. The molecule has 0 aliphatic carbocycles. The van der Waals surface area contributed by atoms with Gasteiger partial charge in [0.2, 0.25) is 0 Å². The summed E-state index contributed by atoms with van der Waals surface area (Å²) in [6.45, 7) is 6.53. The third-order valence-electron chi connectivity index (χ3n) is 5.44. The van der Waals surface area contributed by atoms with Gasteiger partial charge < -0.3 is 4.57 Å². The van der Waals surface area contributed by atoms with Crippen LogP contribution < -0.4 is 4.72 Å². The molecule has 0 unspecified atom stereocenters. The highest BCUT2D eigenvalue weighted by Gasteiger charge is 2.23. The molecule has 2 aromatic carbocycles. The number of nitrogens with one attached hydrogen (secondary N) is 1. The number of fused-ring (bicyclic) bond motifs is 1. The van der Waals surface area contributed by atoms with Gasteiger partial charge in [0.05, 0.1) is 4.90 Å². The monoisotopic (exact) mass is 467 g/mol. The number of aromatic nitrogens is 2. The molecule has 0 spiro atoms. The van der Waals surface area contributed by atoms with E-state index in [-0.39, 0.29) is 10.6 Å². The third kappa shape index (κ3) is 4.26. The van der Waals surface area contributed by atoms with Gasteiger partial charge in [-0.1, -0.05) is 29.3 Å². The molecule has 0 saturated carbocycles. The fourth-order valence-electron chi connectivity index (χ4n) is 3.97. The zero-order chi connectivity index (χ0) is 23.0. The van der Waals surface area contributed by atoms with E-state index in [4.69, 9.17) is 11.6 Å². The van der Waals surface area contributed by atoms with Gasteiger partial charge in [-0.2, -0.15) is 0 Å². The summed E-state index contributed by atoms with van der Waals surface area (Å²) in [5, 5.41) is 1.29. The van der Waals surface area contributed by atoms with Crippen LogP contribution in [0.4, 0.5) is 0 Å². The highest BCUT2D eigenvalue weighted by molar-refractivity contribution is 7.90. The van der Waals surface area contributed by atoms with Crippen LogP contribution >= 0.6 is 11.6 Å². The van der Waals surface area contributed by atoms with Gasteiger partial charge in [0.1, 0.15) is 5.69 Å². The molecule has 0 saturated heterocycles. The van der Waals surface area contributed by atoms with Crippen LogP contribution in [-0.4, -0.2) is 23.9 Å². The second-order valence-corrected chi connectivity index (χ2v) is 9.93. The SMILES string of the molecule is Cc1cc(C)c(Cn2c(C(=O)NS(=O)(=O)c3ccncc3)cc3cc(Cl)ccc32)c(C)c1. The summed E-state index contributed by atoms with van der Waals surface area (Å²) >= 11 is 6.16. The van der Waals surface area contributed by atoms with Crippen molar-refractivity contribution < 1.29 is 13.2 Å². The predicted octanol–water partition coefficient (Wildman–Crippen LogP) is 4.78. The summed E-state index contributed by atoms with van der Waals surface area (Å²) < 4.78 is 29.4. The Labute approximate surface area is 191 Å². The number of sulfonamides is 1. The maximum absolute atomic E-state index is 13.2. The molecule has 0 aliphatic heterocycles. The molecule has 32 heavy (non-hydrogen) atoms. The fourth-order valence-corrected chi connectivity index (χ4v) is 5.10. The van der Waals surface area contributed by atoms with Crippen LogP contribution in [0.25, 0.3) is 10.9 Å². The van der Waals surface area contributed by atoms with Crippen molar-refractivity contribution >= 4 is 38.4 Å². The van der Waals surface area contributed by atoms with Crippen LogP contribution in [0.3, 0.4) is 0 Å². The second kappa shape index (κ2) is 8.41. The van der Waals surface area contributed by atoms with Gasteiger partial charge in [0, 0.05) is 34.9 Å². The van der Waals surface area contributed by atoms with Gasteiger partial charge in [-0.05, 0) is 73.9 Å². The van der Waals surface area contributed by atoms with E-state index in [1.165, 1.54) is 24.5 Å². The van der Waals surface area contributed by atoms with Crippen molar-refractivity contribution in [3.8, 4) is 0 Å². The third-order valence-corrected chi connectivity index (χ3v) is 7.02. The summed E-state index contributed by atoms with van der Waals surface area (Å²) in [6, 6.07) is 13.9. The van der Waals surface area contributed by atoms with E-state index in [1.807, 2.05) is 31.4 Å². The molecule has 4 aromatic rings. The van der Waals surface area contributed by atoms with Gasteiger partial charge in [-0.3, -0.25) is 9.78 Å². The summed E-state index contributed by atoms with van der Waals surface area (Å²) in [5.41, 5.74) is 5.48. The van der Waals surface area contributed by atoms with E-state index in [0.717, 1.165) is 33.2 Å². The minimum Gasteiger partial charge on any atom is -0.332 e. The summed E-state index contributed by atoms with van der Waals surface area (Å²) in [4.78, 5) is 17.0. The topological polar surface area (TPSA) is 81.1 Å². The molecule has 0 radical (unpaired) electrons. The van der Waals surface area contributed by atoms with Crippen LogP contribution in [0.15, 0.2) is 65.8 Å². The lowest BCUT2D eigenvalue weighted by Gasteiger charge is -2.16. The average Bonchev–Trinajstić information content (AvgIpc) is 3.08. The van der Waals surface area contributed by atoms with Gasteiger partial charge >= 0.3 is 0 Å². The Balaban J connectivity index is 1.80. The molecule has 2 aromatic heterocycles. The zero-order valence-electron chi connectivity index (χ0n) is 17.9. The predicted molar refractivity (Wildman–Crippen MR) is 126 cm³/mol. The summed E-state index contributed by atoms with van der Waals surface area (Å²) in [5.74, 6) is -0.712. The van der Waals surface area contributed by atoms with Gasteiger partial charge in [-0.15, -0.1) is 0 Å². The molecule has 8 heteroatoms. The highest BCUT2D eigenvalue weighted by Crippen LogP contribution is 2.27. The number of benzene rings is 2. The normalized spacial score (nSPS) is 11.6. The average molecular weight is 468 g/mol. The lowest BCUT2D eigenvalue weighted by Crippen LogP contribution is -2.32. The number of halogens is 1. The standard InChI is InChI=1S/C24H22ClN3O3S/c1-15-10-16(2)21(17(3)11-15)14-28-22-5-4-19(25)12-18(22)13-23(28)24(29)27-32(30,31)20-6-8-26-9-7-20/h4-13H,14H2,1-3H3,(H,27,29). The first-order chi connectivity index (χ1) is 15.2. The number of rotatable bonds is 5. The van der Waals surface area contributed by atoms with Crippen LogP contribution in [0.2, 0.25) is 5.02 Å². The number of amides is 1. The van der Waals surface area contributed by atoms with Gasteiger partial charge in [0.25, 0.3) is 15.9 Å². The lowest BCUT2D eigenvalue weighted by atomic mass is 9.99. The molecule has 0 fully saturated rings. The van der Waals surface area contributed by atoms with Gasteiger partial charge in [-0.25, -0.2) is 13.1 Å². The number of nitrogens with zero attached hydrogens (tertiary/aromatic N) is 2. The van der Waals surface area contributed by atoms with E-state index in [2.05, 4.69) is 21.8 Å². The number of pyridine rings is 1. The smallest absolute Gasteiger partial charge is 0.281 e. The van der Waals surface area contributed by atoms with Crippen molar-refractivity contribution in [3.05, 3.63) is 93.9 Å². The summed E-state index contributed by atoms with van der Waals surface area (Å²) in [6.07, 6.45) is 2.72. The molecule has 2 heterocycles. The Morgan fingerprint density at radius 1 is 1.00 bits per heavy atom. The molecule has 164 valence electrons. The van der Waals surface area contributed by atoms with Crippen LogP contribution in [-0.2, 0) is 16.6 Å². The number of aryl methyl sites for hydroxylation is 3. The molecule has 0 aliphatic rings. The van der Waals surface area contributed by atoms with E-state index in [1.54, 1.807) is 18.2 Å². The molecule has 1 N–H and O–H groups in total. The van der Waals surface area contributed by atoms with Crippen LogP contribution in [0.5, 0.6) is 0 Å². The van der Waals surface area contributed by atoms with Crippen molar-refractivity contribution in [1.29, 1.82) is 0 Å². The number of carbonyl (C=O) groups is 1. The summed E-state index contributed by atoms with van der Waals surface area (Å²) in [7, 11) is -4.04. The quantitative estimate of drug-likeness (QED) is 0.458. The maximum Gasteiger partial charge on any atom is 0.281 e. The Bertz CT molecular complexity index is 1420. The first-order valence-electron chi connectivity index (χ1n) is 9.98. The van der Waals surface area contributed by atoms with Crippen molar-refractivity contribution in [3.63, 3.8) is 0 Å². The van der Waals surface area contributed by atoms with Crippen molar-refractivity contribution in [2.75, 3.05) is 0 Å². The number of carbonyl (C=O) groups excluding carboxylic acids is 1. The molecular weight excluding hydrogens is 446 g/mol. The molecule has 1 amide bonds. The van der Waals surface area contributed by atoms with E-state index < -0.39 is 15.9 Å². The molecular formula is C24H22ClN3O3S. The van der Waals surface area contributed by atoms with Crippen LogP contribution in [0, 0.1) is 20.8 Å².